The average molecular weight is 422 g/mol. The summed E-state index contributed by atoms with van der Waals surface area (Å²) in [5, 5.41) is 19.1. The van der Waals surface area contributed by atoms with Gasteiger partial charge in [-0.15, -0.1) is 0 Å². The Balaban J connectivity index is 1.76. The number of benzene rings is 2. The van der Waals surface area contributed by atoms with E-state index in [0.29, 0.717) is 30.0 Å². The number of aromatic nitrogens is 1. The van der Waals surface area contributed by atoms with Crippen molar-refractivity contribution in [3.63, 3.8) is 0 Å². The van der Waals surface area contributed by atoms with Crippen molar-refractivity contribution in [2.45, 2.75) is 19.8 Å². The number of pyridine rings is 1. The van der Waals surface area contributed by atoms with Crippen molar-refractivity contribution < 1.29 is 19.7 Å². The van der Waals surface area contributed by atoms with E-state index in [9.17, 15) is 15.0 Å². The van der Waals surface area contributed by atoms with E-state index in [-0.39, 0.29) is 11.3 Å². The van der Waals surface area contributed by atoms with E-state index in [2.05, 4.69) is 16.8 Å². The van der Waals surface area contributed by atoms with Gasteiger partial charge in [0.05, 0.1) is 22.9 Å². The molecular weight excluding hydrogens is 402 g/mol. The van der Waals surface area contributed by atoms with Gasteiger partial charge in [-0.2, -0.15) is 0 Å². The molecule has 0 aliphatic heterocycles. The SMILES string of the molecule is Cc1ncccc1OCCCc1cc(C(=O)O)ccc1C#Cc1ccc(O)cc1Cl. The van der Waals surface area contributed by atoms with Crippen LogP contribution in [0, 0.1) is 18.8 Å². The number of nitrogens with zero attached hydrogens (tertiary/aromatic N) is 1. The molecule has 0 saturated carbocycles. The summed E-state index contributed by atoms with van der Waals surface area (Å²) in [5.74, 6) is 5.87. The maximum absolute atomic E-state index is 11.4. The van der Waals surface area contributed by atoms with E-state index in [1.165, 1.54) is 18.2 Å². The Morgan fingerprint density at radius 3 is 2.63 bits per heavy atom. The quantitative estimate of drug-likeness (QED) is 0.439. The number of aromatic hydroxyl groups is 1. The van der Waals surface area contributed by atoms with E-state index in [0.717, 1.165) is 22.6 Å². The average Bonchev–Trinajstić information content (AvgIpc) is 2.72. The van der Waals surface area contributed by atoms with Crippen molar-refractivity contribution in [1.82, 2.24) is 4.98 Å². The van der Waals surface area contributed by atoms with Crippen LogP contribution in [0.3, 0.4) is 0 Å². The summed E-state index contributed by atoms with van der Waals surface area (Å²) in [5.41, 5.74) is 3.16. The molecule has 0 aliphatic carbocycles. The number of aromatic carboxylic acids is 1. The summed E-state index contributed by atoms with van der Waals surface area (Å²) in [6.45, 7) is 2.36. The smallest absolute Gasteiger partial charge is 0.335 e. The van der Waals surface area contributed by atoms with Crippen molar-refractivity contribution in [3.05, 3.63) is 87.7 Å². The molecule has 0 atom stereocenters. The van der Waals surface area contributed by atoms with Crippen LogP contribution in [0.4, 0.5) is 0 Å². The standard InChI is InChI=1S/C24H20ClNO4/c1-16-23(5-2-12-26-16)30-13-3-4-19-14-20(24(28)29)9-7-17(19)6-8-18-10-11-21(27)15-22(18)25/h2,5,7,9-12,14-15,27H,3-4,13H2,1H3,(H,28,29). The predicted octanol–water partition coefficient (Wildman–Crippen LogP) is 4.86. The fraction of sp³-hybridized carbons (Fsp3) is 0.167. The first-order chi connectivity index (χ1) is 14.4. The lowest BCUT2D eigenvalue weighted by molar-refractivity contribution is 0.0696. The van der Waals surface area contributed by atoms with Gasteiger partial charge in [-0.05, 0) is 73.9 Å². The summed E-state index contributed by atoms with van der Waals surface area (Å²) in [6, 6.07) is 13.1. The van der Waals surface area contributed by atoms with Crippen LogP contribution in [0.25, 0.3) is 0 Å². The number of hydrogen-bond acceptors (Lipinski definition) is 4. The number of carboxylic acids is 1. The molecule has 0 radical (unpaired) electrons. The molecule has 0 bridgehead atoms. The Bertz CT molecular complexity index is 1130. The van der Waals surface area contributed by atoms with Crippen LogP contribution in [0.2, 0.25) is 5.02 Å². The summed E-state index contributed by atoms with van der Waals surface area (Å²) in [4.78, 5) is 15.6. The fourth-order valence-electron chi connectivity index (χ4n) is 2.86. The zero-order valence-electron chi connectivity index (χ0n) is 16.4. The van der Waals surface area contributed by atoms with Gasteiger partial charge in [-0.1, -0.05) is 23.4 Å². The maximum atomic E-state index is 11.4. The number of phenols is 1. The first-order valence-corrected chi connectivity index (χ1v) is 9.73. The Kier molecular flexibility index (Phi) is 6.95. The highest BCUT2D eigenvalue weighted by atomic mass is 35.5. The van der Waals surface area contributed by atoms with Crippen molar-refractivity contribution in [2.75, 3.05) is 6.61 Å². The van der Waals surface area contributed by atoms with Gasteiger partial charge in [0, 0.05) is 17.3 Å². The third-order valence-corrected chi connectivity index (χ3v) is 4.76. The van der Waals surface area contributed by atoms with Gasteiger partial charge in [0.2, 0.25) is 0 Å². The molecule has 0 saturated heterocycles. The molecule has 3 rings (SSSR count). The van der Waals surface area contributed by atoms with Gasteiger partial charge >= 0.3 is 5.97 Å². The molecule has 2 aromatic carbocycles. The molecular formula is C24H20ClNO4. The van der Waals surface area contributed by atoms with Gasteiger partial charge in [-0.3, -0.25) is 4.98 Å². The van der Waals surface area contributed by atoms with Crippen LogP contribution < -0.4 is 4.74 Å². The summed E-state index contributed by atoms with van der Waals surface area (Å²) in [7, 11) is 0. The van der Waals surface area contributed by atoms with E-state index in [1.54, 1.807) is 24.4 Å². The molecule has 0 aliphatic rings. The van der Waals surface area contributed by atoms with Gasteiger partial charge in [0.1, 0.15) is 11.5 Å². The maximum Gasteiger partial charge on any atom is 0.335 e. The summed E-state index contributed by atoms with van der Waals surface area (Å²) < 4.78 is 5.78. The van der Waals surface area contributed by atoms with Crippen molar-refractivity contribution in [1.29, 1.82) is 0 Å². The Hall–Kier alpha value is -3.49. The molecule has 2 N–H and O–H groups in total. The van der Waals surface area contributed by atoms with Crippen LogP contribution in [0.1, 0.15) is 39.2 Å². The number of carbonyl (C=O) groups is 1. The second kappa shape index (κ2) is 9.82. The summed E-state index contributed by atoms with van der Waals surface area (Å²) in [6.07, 6.45) is 3.00. The van der Waals surface area contributed by atoms with Crippen molar-refractivity contribution >= 4 is 17.6 Å². The van der Waals surface area contributed by atoms with E-state index in [4.69, 9.17) is 16.3 Å². The van der Waals surface area contributed by atoms with Gasteiger partial charge < -0.3 is 14.9 Å². The zero-order chi connectivity index (χ0) is 21.5. The van der Waals surface area contributed by atoms with Crippen molar-refractivity contribution in [3.8, 4) is 23.3 Å². The Morgan fingerprint density at radius 2 is 1.90 bits per heavy atom. The molecule has 1 aromatic heterocycles. The van der Waals surface area contributed by atoms with Crippen LogP contribution in [-0.4, -0.2) is 27.8 Å². The molecule has 0 amide bonds. The minimum atomic E-state index is -0.987. The Labute approximate surface area is 179 Å². The molecule has 6 heteroatoms. The second-order valence-electron chi connectivity index (χ2n) is 6.63. The third-order valence-electron chi connectivity index (χ3n) is 4.44. The normalized spacial score (nSPS) is 10.2. The first kappa shape index (κ1) is 21.2. The minimum absolute atomic E-state index is 0.0703. The lowest BCUT2D eigenvalue weighted by Gasteiger charge is -2.09. The molecule has 30 heavy (non-hydrogen) atoms. The molecule has 1 heterocycles. The number of ether oxygens (including phenoxy) is 1. The van der Waals surface area contributed by atoms with Crippen LogP contribution >= 0.6 is 11.6 Å². The number of rotatable bonds is 6. The first-order valence-electron chi connectivity index (χ1n) is 9.35. The molecule has 0 spiro atoms. The number of halogens is 1. The molecule has 3 aromatic rings. The third kappa shape index (κ3) is 5.53. The molecule has 0 unspecified atom stereocenters. The topological polar surface area (TPSA) is 79.7 Å². The van der Waals surface area contributed by atoms with Gasteiger partial charge in [0.25, 0.3) is 0 Å². The van der Waals surface area contributed by atoms with E-state index < -0.39 is 5.97 Å². The molecule has 152 valence electrons. The highest BCUT2D eigenvalue weighted by Gasteiger charge is 2.08. The van der Waals surface area contributed by atoms with Crippen LogP contribution in [0.5, 0.6) is 11.5 Å². The van der Waals surface area contributed by atoms with Gasteiger partial charge in [-0.25, -0.2) is 4.79 Å². The van der Waals surface area contributed by atoms with Gasteiger partial charge in [0.15, 0.2) is 0 Å². The van der Waals surface area contributed by atoms with E-state index in [1.807, 2.05) is 19.1 Å². The molecule has 0 fully saturated rings. The number of phenolic OH excluding ortho intramolecular Hbond substituents is 1. The minimum Gasteiger partial charge on any atom is -0.508 e. The van der Waals surface area contributed by atoms with Crippen LogP contribution in [0.15, 0.2) is 54.7 Å². The predicted molar refractivity (Wildman–Crippen MR) is 115 cm³/mol. The van der Waals surface area contributed by atoms with Crippen LogP contribution in [-0.2, 0) is 6.42 Å². The largest absolute Gasteiger partial charge is 0.508 e. The number of carboxylic acid groups (broad SMARTS) is 1. The second-order valence-corrected chi connectivity index (χ2v) is 7.04. The monoisotopic (exact) mass is 421 g/mol. The Morgan fingerprint density at radius 1 is 1.13 bits per heavy atom. The van der Waals surface area contributed by atoms with Crippen molar-refractivity contribution in [2.24, 2.45) is 0 Å². The summed E-state index contributed by atoms with van der Waals surface area (Å²) >= 11 is 6.11. The zero-order valence-corrected chi connectivity index (χ0v) is 17.1. The fourth-order valence-corrected chi connectivity index (χ4v) is 3.08. The number of aryl methyl sites for hydroxylation is 2. The van der Waals surface area contributed by atoms with E-state index >= 15 is 0 Å². The lowest BCUT2D eigenvalue weighted by Crippen LogP contribution is -2.04. The molecule has 5 nitrogen and oxygen atoms in total. The lowest BCUT2D eigenvalue weighted by atomic mass is 10.00. The highest BCUT2D eigenvalue weighted by Crippen LogP contribution is 2.21. The highest BCUT2D eigenvalue weighted by molar-refractivity contribution is 6.31. The number of hydrogen-bond donors (Lipinski definition) is 2.